The Bertz CT molecular complexity index is 528. The predicted octanol–water partition coefficient (Wildman–Crippen LogP) is 2.65. The first-order valence-electron chi connectivity index (χ1n) is 5.90. The molecule has 19 heavy (non-hydrogen) atoms. The molecule has 0 radical (unpaired) electrons. The monoisotopic (exact) mass is 257 g/mol. The molecule has 2 rings (SSSR count). The van der Waals surface area contributed by atoms with Gasteiger partial charge in [-0.1, -0.05) is 36.4 Å². The Morgan fingerprint density at radius 1 is 1.05 bits per heavy atom. The van der Waals surface area contributed by atoms with Crippen molar-refractivity contribution >= 4 is 6.41 Å². The van der Waals surface area contributed by atoms with Crippen LogP contribution in [-0.4, -0.2) is 18.6 Å². The number of hydroxylamine groups is 2. The van der Waals surface area contributed by atoms with Crippen LogP contribution in [0.2, 0.25) is 0 Å². The van der Waals surface area contributed by atoms with E-state index in [0.29, 0.717) is 18.7 Å². The van der Waals surface area contributed by atoms with E-state index in [1.165, 1.54) is 5.06 Å². The van der Waals surface area contributed by atoms with Gasteiger partial charge in [0.1, 0.15) is 5.75 Å². The van der Waals surface area contributed by atoms with E-state index in [4.69, 9.17) is 9.57 Å². The Balaban J connectivity index is 2.09. The van der Waals surface area contributed by atoms with Crippen molar-refractivity contribution in [2.45, 2.75) is 6.54 Å². The first kappa shape index (κ1) is 13.0. The fourth-order valence-corrected chi connectivity index (χ4v) is 1.71. The van der Waals surface area contributed by atoms with Crippen molar-refractivity contribution < 1.29 is 14.4 Å². The highest BCUT2D eigenvalue weighted by molar-refractivity contribution is 5.47. The molecule has 2 aromatic rings. The van der Waals surface area contributed by atoms with Gasteiger partial charge < -0.3 is 9.57 Å². The number of hydrogen-bond acceptors (Lipinski definition) is 3. The lowest BCUT2D eigenvalue weighted by Gasteiger charge is -2.18. The zero-order valence-corrected chi connectivity index (χ0v) is 10.7. The maximum atomic E-state index is 11.1. The smallest absolute Gasteiger partial charge is 0.242 e. The van der Waals surface area contributed by atoms with Gasteiger partial charge in [-0.3, -0.25) is 4.79 Å². The molecule has 0 aliphatic heterocycles. The van der Waals surface area contributed by atoms with Gasteiger partial charge in [-0.05, 0) is 18.2 Å². The Morgan fingerprint density at radius 2 is 1.74 bits per heavy atom. The van der Waals surface area contributed by atoms with Crippen molar-refractivity contribution in [3.63, 3.8) is 0 Å². The summed E-state index contributed by atoms with van der Waals surface area (Å²) in [6.45, 7) is 0.322. The van der Waals surface area contributed by atoms with Crippen molar-refractivity contribution in [3.8, 4) is 11.5 Å². The standard InChI is InChI=1S/C15H15NO3/c1-18-15-10-6-5-7-13(15)11-16(12-17)19-14-8-3-2-4-9-14/h2-10,12H,11H2,1H3. The Hall–Kier alpha value is -2.49. The molecule has 0 saturated carbocycles. The number of nitrogens with zero attached hydrogens (tertiary/aromatic N) is 1. The third-order valence-corrected chi connectivity index (χ3v) is 2.60. The molecule has 2 aromatic carbocycles. The molecule has 1 amide bonds. The Kier molecular flexibility index (Phi) is 4.39. The lowest BCUT2D eigenvalue weighted by molar-refractivity contribution is -0.144. The van der Waals surface area contributed by atoms with Crippen LogP contribution in [0.5, 0.6) is 11.5 Å². The number of para-hydroxylation sites is 2. The normalized spacial score (nSPS) is 9.74. The van der Waals surface area contributed by atoms with Crippen LogP contribution in [-0.2, 0) is 11.3 Å². The highest BCUT2D eigenvalue weighted by Crippen LogP contribution is 2.19. The van der Waals surface area contributed by atoms with Crippen LogP contribution in [0.15, 0.2) is 54.6 Å². The minimum atomic E-state index is 0.322. The van der Waals surface area contributed by atoms with Gasteiger partial charge in [0.25, 0.3) is 0 Å². The topological polar surface area (TPSA) is 38.8 Å². The third kappa shape index (κ3) is 3.48. The largest absolute Gasteiger partial charge is 0.496 e. The quantitative estimate of drug-likeness (QED) is 0.590. The van der Waals surface area contributed by atoms with E-state index in [1.54, 1.807) is 19.2 Å². The average molecular weight is 257 g/mol. The van der Waals surface area contributed by atoms with E-state index in [9.17, 15) is 4.79 Å². The fourth-order valence-electron chi connectivity index (χ4n) is 1.71. The molecule has 4 nitrogen and oxygen atoms in total. The van der Waals surface area contributed by atoms with E-state index in [1.807, 2.05) is 42.5 Å². The molecule has 0 bridgehead atoms. The number of methoxy groups -OCH3 is 1. The molecule has 0 aliphatic rings. The molecular formula is C15H15NO3. The predicted molar refractivity (Wildman–Crippen MR) is 71.7 cm³/mol. The molecule has 0 aliphatic carbocycles. The lowest BCUT2D eigenvalue weighted by atomic mass is 10.2. The van der Waals surface area contributed by atoms with E-state index in [-0.39, 0.29) is 0 Å². The van der Waals surface area contributed by atoms with E-state index in [2.05, 4.69) is 0 Å². The molecule has 0 saturated heterocycles. The summed E-state index contributed by atoms with van der Waals surface area (Å²) in [7, 11) is 1.60. The number of benzene rings is 2. The van der Waals surface area contributed by atoms with Crippen molar-refractivity contribution in [2.75, 3.05) is 7.11 Å². The maximum Gasteiger partial charge on any atom is 0.242 e. The summed E-state index contributed by atoms with van der Waals surface area (Å²) in [5, 5.41) is 1.23. The van der Waals surface area contributed by atoms with Crippen LogP contribution < -0.4 is 9.57 Å². The zero-order chi connectivity index (χ0) is 13.5. The molecule has 0 atom stereocenters. The van der Waals surface area contributed by atoms with Gasteiger partial charge in [-0.2, -0.15) is 5.06 Å². The van der Waals surface area contributed by atoms with Crippen LogP contribution in [0, 0.1) is 0 Å². The average Bonchev–Trinajstić information content (AvgIpc) is 2.48. The second-order valence-electron chi connectivity index (χ2n) is 3.90. The SMILES string of the molecule is COc1ccccc1CN(C=O)Oc1ccccc1. The van der Waals surface area contributed by atoms with Crippen molar-refractivity contribution in [1.29, 1.82) is 0 Å². The number of ether oxygens (including phenoxy) is 1. The van der Waals surface area contributed by atoms with E-state index < -0.39 is 0 Å². The van der Waals surface area contributed by atoms with Gasteiger partial charge in [0.15, 0.2) is 5.75 Å². The van der Waals surface area contributed by atoms with Gasteiger partial charge in [-0.15, -0.1) is 0 Å². The van der Waals surface area contributed by atoms with Crippen molar-refractivity contribution in [2.24, 2.45) is 0 Å². The maximum absolute atomic E-state index is 11.1. The summed E-state index contributed by atoms with van der Waals surface area (Å²) in [5.41, 5.74) is 0.882. The minimum Gasteiger partial charge on any atom is -0.496 e. The minimum absolute atomic E-state index is 0.322. The van der Waals surface area contributed by atoms with Gasteiger partial charge in [0, 0.05) is 5.56 Å². The second-order valence-corrected chi connectivity index (χ2v) is 3.90. The van der Waals surface area contributed by atoms with Gasteiger partial charge in [0.2, 0.25) is 6.41 Å². The first-order valence-corrected chi connectivity index (χ1v) is 5.90. The van der Waals surface area contributed by atoms with E-state index in [0.717, 1.165) is 11.3 Å². The Labute approximate surface area is 112 Å². The van der Waals surface area contributed by atoms with Crippen LogP contribution in [0.3, 0.4) is 0 Å². The summed E-state index contributed by atoms with van der Waals surface area (Å²) in [6.07, 6.45) is 0.652. The number of hydrogen-bond donors (Lipinski definition) is 0. The van der Waals surface area contributed by atoms with Gasteiger partial charge >= 0.3 is 0 Å². The number of rotatable bonds is 6. The number of amides is 1. The van der Waals surface area contributed by atoms with Crippen LogP contribution in [0.25, 0.3) is 0 Å². The molecule has 0 N–H and O–H groups in total. The third-order valence-electron chi connectivity index (χ3n) is 2.60. The fraction of sp³-hybridized carbons (Fsp3) is 0.133. The number of carbonyl (C=O) groups excluding carboxylic acids is 1. The summed E-state index contributed by atoms with van der Waals surface area (Å²) < 4.78 is 5.24. The molecule has 0 unspecified atom stereocenters. The number of carbonyl (C=O) groups is 1. The van der Waals surface area contributed by atoms with Crippen LogP contribution in [0.4, 0.5) is 0 Å². The molecule has 0 fully saturated rings. The van der Waals surface area contributed by atoms with Gasteiger partial charge in [0.05, 0.1) is 13.7 Å². The van der Waals surface area contributed by atoms with Gasteiger partial charge in [-0.25, -0.2) is 0 Å². The lowest BCUT2D eigenvalue weighted by Crippen LogP contribution is -2.25. The molecule has 0 aromatic heterocycles. The summed E-state index contributed by atoms with van der Waals surface area (Å²) in [6, 6.07) is 16.7. The summed E-state index contributed by atoms with van der Waals surface area (Å²) >= 11 is 0. The second kappa shape index (κ2) is 6.44. The zero-order valence-electron chi connectivity index (χ0n) is 10.7. The molecule has 0 spiro atoms. The molecule has 98 valence electrons. The van der Waals surface area contributed by atoms with Crippen LogP contribution >= 0.6 is 0 Å². The highest BCUT2D eigenvalue weighted by atomic mass is 16.7. The highest BCUT2D eigenvalue weighted by Gasteiger charge is 2.09. The molecular weight excluding hydrogens is 242 g/mol. The molecule has 4 heteroatoms. The summed E-state index contributed by atoms with van der Waals surface area (Å²) in [4.78, 5) is 16.6. The van der Waals surface area contributed by atoms with Crippen LogP contribution in [0.1, 0.15) is 5.56 Å². The Morgan fingerprint density at radius 3 is 2.42 bits per heavy atom. The first-order chi connectivity index (χ1) is 9.33. The van der Waals surface area contributed by atoms with Crippen molar-refractivity contribution in [3.05, 3.63) is 60.2 Å². The van der Waals surface area contributed by atoms with E-state index >= 15 is 0 Å². The van der Waals surface area contributed by atoms with Crippen molar-refractivity contribution in [1.82, 2.24) is 5.06 Å². The summed E-state index contributed by atoms with van der Waals surface area (Å²) in [5.74, 6) is 1.34. The molecule has 0 heterocycles.